The van der Waals surface area contributed by atoms with Crippen LogP contribution in [0.4, 0.5) is 0 Å². The zero-order valence-electron chi connectivity index (χ0n) is 15.5. The van der Waals surface area contributed by atoms with Crippen LogP contribution in [0.1, 0.15) is 104 Å². The van der Waals surface area contributed by atoms with E-state index in [4.69, 9.17) is 0 Å². The second kappa shape index (κ2) is 22.5. The summed E-state index contributed by atoms with van der Waals surface area (Å²) in [6.45, 7) is 7.74. The molecule has 132 valence electrons. The standard InChI is InChI=1S/C16H34.C4H6O2/c1-3-5-7-9-11-13-15-16-14-12-10-8-6-4-2;1-3-4(5)6-2/h3-16H2,1-2H3;3H,1H2,2H3. The summed E-state index contributed by atoms with van der Waals surface area (Å²) < 4.78 is 4.14. The largest absolute Gasteiger partial charge is 0.466 e. The molecule has 2 heteroatoms. The number of ether oxygens (including phenoxy) is 1. The minimum Gasteiger partial charge on any atom is -0.466 e. The van der Waals surface area contributed by atoms with Gasteiger partial charge in [-0.1, -0.05) is 110 Å². The third-order valence-corrected chi connectivity index (χ3v) is 3.82. The first-order chi connectivity index (χ1) is 10.7. The van der Waals surface area contributed by atoms with Crippen molar-refractivity contribution in [2.45, 2.75) is 104 Å². The monoisotopic (exact) mass is 312 g/mol. The van der Waals surface area contributed by atoms with E-state index in [2.05, 4.69) is 25.2 Å². The van der Waals surface area contributed by atoms with E-state index in [1.807, 2.05) is 0 Å². The Morgan fingerprint density at radius 1 is 0.727 bits per heavy atom. The first kappa shape index (κ1) is 23.5. The van der Waals surface area contributed by atoms with Gasteiger partial charge in [0.15, 0.2) is 0 Å². The van der Waals surface area contributed by atoms with E-state index in [1.165, 1.54) is 97.0 Å². The number of hydrogen-bond acceptors (Lipinski definition) is 2. The summed E-state index contributed by atoms with van der Waals surface area (Å²) >= 11 is 0. The number of esters is 1. The van der Waals surface area contributed by atoms with Crippen molar-refractivity contribution < 1.29 is 9.53 Å². The zero-order chi connectivity index (χ0) is 16.9. The van der Waals surface area contributed by atoms with Gasteiger partial charge in [-0.05, 0) is 0 Å². The molecule has 0 unspecified atom stereocenters. The van der Waals surface area contributed by atoms with E-state index < -0.39 is 5.97 Å². The van der Waals surface area contributed by atoms with Gasteiger partial charge in [-0.25, -0.2) is 4.79 Å². The molecule has 0 aliphatic rings. The van der Waals surface area contributed by atoms with Crippen LogP contribution in [0.25, 0.3) is 0 Å². The molecule has 0 radical (unpaired) electrons. The molecule has 0 rings (SSSR count). The maximum absolute atomic E-state index is 9.84. The maximum atomic E-state index is 9.84. The Kier molecular flexibility index (Phi) is 24.0. The number of hydrogen-bond donors (Lipinski definition) is 0. The second-order valence-electron chi connectivity index (χ2n) is 5.97. The lowest BCUT2D eigenvalue weighted by Gasteiger charge is -2.02. The number of carbonyl (C=O) groups excluding carboxylic acids is 1. The summed E-state index contributed by atoms with van der Waals surface area (Å²) in [5.41, 5.74) is 0. The van der Waals surface area contributed by atoms with E-state index in [0.29, 0.717) is 0 Å². The van der Waals surface area contributed by atoms with Crippen LogP contribution in [0, 0.1) is 0 Å². The van der Waals surface area contributed by atoms with Crippen molar-refractivity contribution in [1.29, 1.82) is 0 Å². The summed E-state index contributed by atoms with van der Waals surface area (Å²) in [5, 5.41) is 0. The molecule has 0 N–H and O–H groups in total. The zero-order valence-corrected chi connectivity index (χ0v) is 15.5. The van der Waals surface area contributed by atoms with Gasteiger partial charge in [0.1, 0.15) is 0 Å². The van der Waals surface area contributed by atoms with Crippen molar-refractivity contribution in [3.63, 3.8) is 0 Å². The second-order valence-corrected chi connectivity index (χ2v) is 5.97. The molecule has 0 heterocycles. The van der Waals surface area contributed by atoms with Crippen molar-refractivity contribution in [3.8, 4) is 0 Å². The maximum Gasteiger partial charge on any atom is 0.329 e. The number of methoxy groups -OCH3 is 1. The molecule has 0 amide bonds. The van der Waals surface area contributed by atoms with Gasteiger partial charge >= 0.3 is 5.97 Å². The molecular formula is C20H40O2. The highest BCUT2D eigenvalue weighted by Gasteiger charge is 1.92. The van der Waals surface area contributed by atoms with Gasteiger partial charge < -0.3 is 4.74 Å². The fourth-order valence-electron chi connectivity index (χ4n) is 2.35. The highest BCUT2D eigenvalue weighted by atomic mass is 16.5. The van der Waals surface area contributed by atoms with Crippen molar-refractivity contribution in [2.75, 3.05) is 7.11 Å². The minimum absolute atomic E-state index is 0.394. The van der Waals surface area contributed by atoms with Crippen LogP contribution in [-0.2, 0) is 9.53 Å². The molecule has 22 heavy (non-hydrogen) atoms. The topological polar surface area (TPSA) is 26.3 Å². The predicted molar refractivity (Wildman–Crippen MR) is 98.2 cm³/mol. The van der Waals surface area contributed by atoms with E-state index >= 15 is 0 Å². The minimum atomic E-state index is -0.394. The molecule has 2 nitrogen and oxygen atoms in total. The highest BCUT2D eigenvalue weighted by molar-refractivity contribution is 5.80. The van der Waals surface area contributed by atoms with Crippen LogP contribution in [0.15, 0.2) is 12.7 Å². The van der Waals surface area contributed by atoms with Crippen LogP contribution in [0.5, 0.6) is 0 Å². The molecule has 0 fully saturated rings. The predicted octanol–water partition coefficient (Wildman–Crippen LogP) is 6.83. The van der Waals surface area contributed by atoms with Gasteiger partial charge in [-0.2, -0.15) is 0 Å². The Morgan fingerprint density at radius 2 is 1.00 bits per heavy atom. The van der Waals surface area contributed by atoms with Gasteiger partial charge in [-0.15, -0.1) is 0 Å². The Hall–Kier alpha value is -0.790. The number of rotatable bonds is 14. The molecule has 0 saturated carbocycles. The van der Waals surface area contributed by atoms with Crippen LogP contribution >= 0.6 is 0 Å². The van der Waals surface area contributed by atoms with Crippen LogP contribution in [0.3, 0.4) is 0 Å². The van der Waals surface area contributed by atoms with Gasteiger partial charge in [0.05, 0.1) is 7.11 Å². The van der Waals surface area contributed by atoms with Crippen molar-refractivity contribution in [2.24, 2.45) is 0 Å². The molecule has 0 bridgehead atoms. The fourth-order valence-corrected chi connectivity index (χ4v) is 2.35. The van der Waals surface area contributed by atoms with Gasteiger partial charge in [0.25, 0.3) is 0 Å². The molecule has 0 aliphatic heterocycles. The average Bonchev–Trinajstić information content (AvgIpc) is 2.55. The van der Waals surface area contributed by atoms with Crippen LogP contribution in [-0.4, -0.2) is 13.1 Å². The molecule has 0 aromatic heterocycles. The average molecular weight is 313 g/mol. The molecule has 0 aromatic carbocycles. The Morgan fingerprint density at radius 3 is 1.14 bits per heavy atom. The molecule has 0 saturated heterocycles. The van der Waals surface area contributed by atoms with Crippen molar-refractivity contribution >= 4 is 5.97 Å². The lowest BCUT2D eigenvalue weighted by atomic mass is 10.0. The quantitative estimate of drug-likeness (QED) is 0.199. The lowest BCUT2D eigenvalue weighted by molar-refractivity contribution is -0.134. The number of carbonyl (C=O) groups is 1. The van der Waals surface area contributed by atoms with Gasteiger partial charge in [0, 0.05) is 6.08 Å². The van der Waals surface area contributed by atoms with Gasteiger partial charge in [0.2, 0.25) is 0 Å². The van der Waals surface area contributed by atoms with Gasteiger partial charge in [-0.3, -0.25) is 0 Å². The molecule has 0 aromatic rings. The molecule has 0 atom stereocenters. The molecule has 0 aliphatic carbocycles. The molecule has 0 spiro atoms. The van der Waals surface area contributed by atoms with Crippen LogP contribution in [0.2, 0.25) is 0 Å². The SMILES string of the molecule is C=CC(=O)OC.CCCCCCCCCCCCCCCC. The van der Waals surface area contributed by atoms with Crippen molar-refractivity contribution in [1.82, 2.24) is 0 Å². The first-order valence-corrected chi connectivity index (χ1v) is 9.43. The third kappa shape index (κ3) is 24.2. The number of unbranched alkanes of at least 4 members (excludes halogenated alkanes) is 13. The highest BCUT2D eigenvalue weighted by Crippen LogP contribution is 2.12. The third-order valence-electron chi connectivity index (χ3n) is 3.82. The normalized spacial score (nSPS) is 9.77. The first-order valence-electron chi connectivity index (χ1n) is 9.43. The summed E-state index contributed by atoms with van der Waals surface area (Å²) in [7, 11) is 1.31. The Bertz CT molecular complexity index is 210. The Labute approximate surface area is 139 Å². The van der Waals surface area contributed by atoms with E-state index in [-0.39, 0.29) is 0 Å². The molecular weight excluding hydrogens is 272 g/mol. The van der Waals surface area contributed by atoms with Crippen molar-refractivity contribution in [3.05, 3.63) is 12.7 Å². The Balaban J connectivity index is 0. The lowest BCUT2D eigenvalue weighted by Crippen LogP contribution is -1.91. The van der Waals surface area contributed by atoms with E-state index in [0.717, 1.165) is 6.08 Å². The van der Waals surface area contributed by atoms with E-state index in [1.54, 1.807) is 0 Å². The smallest absolute Gasteiger partial charge is 0.329 e. The summed E-state index contributed by atoms with van der Waals surface area (Å²) in [5.74, 6) is -0.394. The summed E-state index contributed by atoms with van der Waals surface area (Å²) in [6, 6.07) is 0. The van der Waals surface area contributed by atoms with E-state index in [9.17, 15) is 4.79 Å². The summed E-state index contributed by atoms with van der Waals surface area (Å²) in [6.07, 6.45) is 21.5. The fraction of sp³-hybridized carbons (Fsp3) is 0.850. The van der Waals surface area contributed by atoms with Crippen LogP contribution < -0.4 is 0 Å². The summed E-state index contributed by atoms with van der Waals surface area (Å²) in [4.78, 5) is 9.84.